The van der Waals surface area contributed by atoms with Gasteiger partial charge in [-0.25, -0.2) is 0 Å². The van der Waals surface area contributed by atoms with E-state index in [1.807, 2.05) is 18.2 Å². The first-order valence-corrected chi connectivity index (χ1v) is 7.78. The van der Waals surface area contributed by atoms with Crippen molar-refractivity contribution in [1.82, 2.24) is 9.80 Å². The summed E-state index contributed by atoms with van der Waals surface area (Å²) in [5.41, 5.74) is 2.26. The zero-order chi connectivity index (χ0) is 14.5. The number of benzene rings is 1. The molecule has 1 saturated heterocycles. The standard InChI is InChI=1S/C17H28N2O/c1-14(2)19-12-10-18(11-13-19)9-8-17(20)16-7-5-4-6-15(16)3/h4-7,14,17,20H,8-13H2,1-3H3. The highest BCUT2D eigenvalue weighted by molar-refractivity contribution is 5.27. The number of aliphatic hydroxyl groups excluding tert-OH is 1. The van der Waals surface area contributed by atoms with Crippen molar-refractivity contribution in [1.29, 1.82) is 0 Å². The van der Waals surface area contributed by atoms with Gasteiger partial charge in [0.15, 0.2) is 0 Å². The van der Waals surface area contributed by atoms with E-state index >= 15 is 0 Å². The van der Waals surface area contributed by atoms with Gasteiger partial charge in [0.25, 0.3) is 0 Å². The molecule has 20 heavy (non-hydrogen) atoms. The molecule has 0 spiro atoms. The summed E-state index contributed by atoms with van der Waals surface area (Å²) in [4.78, 5) is 4.99. The van der Waals surface area contributed by atoms with E-state index in [-0.39, 0.29) is 6.10 Å². The smallest absolute Gasteiger partial charge is 0.0804 e. The van der Waals surface area contributed by atoms with Crippen molar-refractivity contribution in [2.75, 3.05) is 32.7 Å². The molecule has 1 aromatic carbocycles. The third-order valence-corrected chi connectivity index (χ3v) is 4.40. The fourth-order valence-corrected chi connectivity index (χ4v) is 2.92. The molecule has 1 aliphatic rings. The molecule has 0 saturated carbocycles. The third-order valence-electron chi connectivity index (χ3n) is 4.40. The lowest BCUT2D eigenvalue weighted by molar-refractivity contribution is 0.0880. The van der Waals surface area contributed by atoms with Crippen LogP contribution in [0.2, 0.25) is 0 Å². The molecule has 1 N–H and O–H groups in total. The van der Waals surface area contributed by atoms with E-state index in [2.05, 4.69) is 36.6 Å². The third kappa shape index (κ3) is 4.05. The van der Waals surface area contributed by atoms with Crippen LogP contribution in [0.1, 0.15) is 37.5 Å². The first-order valence-electron chi connectivity index (χ1n) is 7.78. The molecule has 1 unspecified atom stereocenters. The Kier molecular flexibility index (Phi) is 5.58. The van der Waals surface area contributed by atoms with Gasteiger partial charge >= 0.3 is 0 Å². The summed E-state index contributed by atoms with van der Waals surface area (Å²) >= 11 is 0. The van der Waals surface area contributed by atoms with Crippen LogP contribution in [0.25, 0.3) is 0 Å². The molecule has 112 valence electrons. The van der Waals surface area contributed by atoms with Crippen molar-refractivity contribution in [2.45, 2.75) is 39.3 Å². The number of nitrogens with zero attached hydrogens (tertiary/aromatic N) is 2. The van der Waals surface area contributed by atoms with Gasteiger partial charge in [0.1, 0.15) is 0 Å². The fourth-order valence-electron chi connectivity index (χ4n) is 2.92. The average molecular weight is 276 g/mol. The Bertz CT molecular complexity index is 411. The Morgan fingerprint density at radius 3 is 2.35 bits per heavy atom. The number of rotatable bonds is 5. The summed E-state index contributed by atoms with van der Waals surface area (Å²) in [7, 11) is 0. The molecule has 0 bridgehead atoms. The molecular formula is C17H28N2O. The van der Waals surface area contributed by atoms with E-state index in [0.717, 1.165) is 44.7 Å². The highest BCUT2D eigenvalue weighted by Gasteiger charge is 2.19. The fraction of sp³-hybridized carbons (Fsp3) is 0.647. The summed E-state index contributed by atoms with van der Waals surface area (Å²) in [6.45, 7) is 12.1. The maximum absolute atomic E-state index is 10.3. The largest absolute Gasteiger partial charge is 0.388 e. The lowest BCUT2D eigenvalue weighted by Gasteiger charge is -2.37. The van der Waals surface area contributed by atoms with Crippen LogP contribution in [0, 0.1) is 6.92 Å². The maximum atomic E-state index is 10.3. The van der Waals surface area contributed by atoms with Crippen LogP contribution in [0.5, 0.6) is 0 Å². The minimum absolute atomic E-state index is 0.334. The highest BCUT2D eigenvalue weighted by atomic mass is 16.3. The van der Waals surface area contributed by atoms with Crippen molar-refractivity contribution >= 4 is 0 Å². The van der Waals surface area contributed by atoms with E-state index in [4.69, 9.17) is 0 Å². The van der Waals surface area contributed by atoms with Crippen molar-refractivity contribution in [2.24, 2.45) is 0 Å². The van der Waals surface area contributed by atoms with Crippen LogP contribution in [0.4, 0.5) is 0 Å². The van der Waals surface area contributed by atoms with Crippen LogP contribution in [-0.2, 0) is 0 Å². The van der Waals surface area contributed by atoms with Gasteiger partial charge < -0.3 is 10.0 Å². The normalized spacial score (nSPS) is 19.4. The molecule has 0 amide bonds. The first-order chi connectivity index (χ1) is 9.58. The molecule has 1 fully saturated rings. The Balaban J connectivity index is 1.78. The summed E-state index contributed by atoms with van der Waals surface area (Å²) in [5.74, 6) is 0. The Morgan fingerprint density at radius 2 is 1.75 bits per heavy atom. The van der Waals surface area contributed by atoms with Crippen LogP contribution in [0.15, 0.2) is 24.3 Å². The summed E-state index contributed by atoms with van der Waals surface area (Å²) < 4.78 is 0. The molecular weight excluding hydrogens is 248 g/mol. The average Bonchev–Trinajstić information content (AvgIpc) is 2.45. The predicted octanol–water partition coefficient (Wildman–Crippen LogP) is 2.44. The summed E-state index contributed by atoms with van der Waals surface area (Å²) in [6, 6.07) is 8.79. The van der Waals surface area contributed by atoms with Gasteiger partial charge in [-0.2, -0.15) is 0 Å². The van der Waals surface area contributed by atoms with E-state index in [9.17, 15) is 5.11 Å². The van der Waals surface area contributed by atoms with Crippen molar-refractivity contribution in [3.8, 4) is 0 Å². The van der Waals surface area contributed by atoms with E-state index in [0.29, 0.717) is 6.04 Å². The second-order valence-corrected chi connectivity index (χ2v) is 6.13. The molecule has 1 atom stereocenters. The van der Waals surface area contributed by atoms with E-state index < -0.39 is 0 Å². The van der Waals surface area contributed by atoms with Crippen molar-refractivity contribution in [3.63, 3.8) is 0 Å². The van der Waals surface area contributed by atoms with E-state index in [1.165, 1.54) is 5.56 Å². The zero-order valence-electron chi connectivity index (χ0n) is 13.0. The quantitative estimate of drug-likeness (QED) is 0.895. The number of hydrogen-bond acceptors (Lipinski definition) is 3. The number of piperazine rings is 1. The molecule has 1 heterocycles. The topological polar surface area (TPSA) is 26.7 Å². The lowest BCUT2D eigenvalue weighted by Crippen LogP contribution is -2.49. The number of hydrogen-bond donors (Lipinski definition) is 1. The maximum Gasteiger partial charge on any atom is 0.0804 e. The van der Waals surface area contributed by atoms with Gasteiger partial charge in [-0.1, -0.05) is 24.3 Å². The summed E-state index contributed by atoms with van der Waals surface area (Å²) in [6.07, 6.45) is 0.492. The molecule has 2 rings (SSSR count). The van der Waals surface area contributed by atoms with Crippen LogP contribution in [0.3, 0.4) is 0 Å². The van der Waals surface area contributed by atoms with Crippen molar-refractivity contribution in [3.05, 3.63) is 35.4 Å². The minimum Gasteiger partial charge on any atom is -0.388 e. The van der Waals surface area contributed by atoms with Crippen LogP contribution >= 0.6 is 0 Å². The van der Waals surface area contributed by atoms with Gasteiger partial charge in [-0.15, -0.1) is 0 Å². The Labute approximate surface area is 123 Å². The van der Waals surface area contributed by atoms with Gasteiger partial charge in [-0.05, 0) is 38.3 Å². The molecule has 0 radical (unpaired) electrons. The summed E-state index contributed by atoms with van der Waals surface area (Å²) in [5, 5.41) is 10.3. The minimum atomic E-state index is -0.334. The molecule has 0 aromatic heterocycles. The first kappa shape index (κ1) is 15.5. The van der Waals surface area contributed by atoms with Gasteiger partial charge in [0.2, 0.25) is 0 Å². The SMILES string of the molecule is Cc1ccccc1C(O)CCN1CCN(C(C)C)CC1. The van der Waals surface area contributed by atoms with Gasteiger partial charge in [0.05, 0.1) is 6.10 Å². The molecule has 3 nitrogen and oxygen atoms in total. The van der Waals surface area contributed by atoms with Gasteiger partial charge in [-0.3, -0.25) is 4.90 Å². The second-order valence-electron chi connectivity index (χ2n) is 6.13. The molecule has 3 heteroatoms. The molecule has 1 aliphatic heterocycles. The molecule has 0 aliphatic carbocycles. The predicted molar refractivity (Wildman–Crippen MR) is 83.9 cm³/mol. The van der Waals surface area contributed by atoms with Crippen LogP contribution in [-0.4, -0.2) is 53.7 Å². The number of aryl methyl sites for hydroxylation is 1. The zero-order valence-corrected chi connectivity index (χ0v) is 13.0. The molecule has 1 aromatic rings. The lowest BCUT2D eigenvalue weighted by atomic mass is 10.0. The number of aliphatic hydroxyl groups is 1. The highest BCUT2D eigenvalue weighted by Crippen LogP contribution is 2.20. The Hall–Kier alpha value is -0.900. The van der Waals surface area contributed by atoms with E-state index in [1.54, 1.807) is 0 Å². The Morgan fingerprint density at radius 1 is 1.10 bits per heavy atom. The monoisotopic (exact) mass is 276 g/mol. The second kappa shape index (κ2) is 7.21. The van der Waals surface area contributed by atoms with Crippen molar-refractivity contribution < 1.29 is 5.11 Å². The van der Waals surface area contributed by atoms with Crippen LogP contribution < -0.4 is 0 Å². The van der Waals surface area contributed by atoms with Gasteiger partial charge in [0, 0.05) is 38.8 Å².